The van der Waals surface area contributed by atoms with E-state index in [-0.39, 0.29) is 23.9 Å². The molecule has 5 nitrogen and oxygen atoms in total. The number of rotatable bonds is 5. The van der Waals surface area contributed by atoms with Crippen LogP contribution < -0.4 is 0 Å². The minimum atomic E-state index is -0.230. The number of piperazine rings is 1. The largest absolute Gasteiger partial charge is 0.338 e. The monoisotopic (exact) mass is 501 g/mol. The van der Waals surface area contributed by atoms with E-state index >= 15 is 0 Å². The van der Waals surface area contributed by atoms with Crippen LogP contribution in [0.2, 0.25) is 0 Å². The normalized spacial score (nSPS) is 19.1. The van der Waals surface area contributed by atoms with Gasteiger partial charge in [0.1, 0.15) is 0 Å². The Balaban J connectivity index is 1.28. The maximum atomic E-state index is 13.7. The Labute approximate surface area is 218 Å². The summed E-state index contributed by atoms with van der Waals surface area (Å²) < 4.78 is 0. The van der Waals surface area contributed by atoms with Crippen LogP contribution in [0.1, 0.15) is 57.4 Å². The first-order valence-corrected chi connectivity index (χ1v) is 13.9. The molecule has 6 heteroatoms. The van der Waals surface area contributed by atoms with Gasteiger partial charge in [-0.25, -0.2) is 0 Å². The number of hydrogen-bond acceptors (Lipinski definition) is 4. The summed E-state index contributed by atoms with van der Waals surface area (Å²) in [5.41, 5.74) is 5.82. The number of aryl methyl sites for hydroxylation is 2. The highest BCUT2D eigenvalue weighted by molar-refractivity contribution is 7.10. The molecule has 1 aromatic heterocycles. The average Bonchev–Trinajstić information content (AvgIpc) is 3.41. The van der Waals surface area contributed by atoms with Crippen molar-refractivity contribution >= 4 is 23.2 Å². The van der Waals surface area contributed by atoms with Crippen molar-refractivity contribution in [3.05, 3.63) is 92.7 Å². The topological polar surface area (TPSA) is 43.9 Å². The fraction of sp³-hybridized carbons (Fsp3) is 0.400. The van der Waals surface area contributed by atoms with Gasteiger partial charge in [-0.1, -0.05) is 43.3 Å². The lowest BCUT2D eigenvalue weighted by Gasteiger charge is -2.43. The van der Waals surface area contributed by atoms with Crippen LogP contribution in [0.3, 0.4) is 0 Å². The van der Waals surface area contributed by atoms with Gasteiger partial charge in [0.25, 0.3) is 5.91 Å². The number of thiophene rings is 1. The minimum Gasteiger partial charge on any atom is -0.338 e. The Bertz CT molecular complexity index is 1230. The summed E-state index contributed by atoms with van der Waals surface area (Å²) in [5.74, 6) is 0.213. The van der Waals surface area contributed by atoms with E-state index in [1.807, 2.05) is 45.4 Å². The number of hydrogen-bond donors (Lipinski definition) is 0. The van der Waals surface area contributed by atoms with E-state index in [0.29, 0.717) is 26.2 Å². The van der Waals surface area contributed by atoms with Crippen molar-refractivity contribution in [1.29, 1.82) is 0 Å². The lowest BCUT2D eigenvalue weighted by atomic mass is 9.89. The number of carbonyl (C=O) groups is 2. The number of fused-ring (bicyclic) bond motifs is 1. The van der Waals surface area contributed by atoms with Crippen molar-refractivity contribution in [2.45, 2.75) is 45.7 Å². The Morgan fingerprint density at radius 2 is 1.61 bits per heavy atom. The third-order valence-electron chi connectivity index (χ3n) is 7.83. The zero-order chi connectivity index (χ0) is 25.2. The first-order chi connectivity index (χ1) is 17.5. The molecular weight excluding hydrogens is 466 g/mol. The van der Waals surface area contributed by atoms with Gasteiger partial charge in [0, 0.05) is 43.2 Å². The Morgan fingerprint density at radius 1 is 0.917 bits per heavy atom. The molecule has 0 bridgehead atoms. The van der Waals surface area contributed by atoms with Crippen LogP contribution in [0, 0.1) is 6.92 Å². The summed E-state index contributed by atoms with van der Waals surface area (Å²) >= 11 is 1.82. The molecule has 2 aliphatic rings. The third kappa shape index (κ3) is 4.72. The SMILES string of the molecule is CCc1ccc(C(=O)N2CCN(C(=O)[C@H](C)N3CCc4sccc4[C@H]3c3ccccc3C)CC2)cc1. The van der Waals surface area contributed by atoms with E-state index in [0.717, 1.165) is 24.9 Å². The molecule has 2 atom stereocenters. The number of amides is 2. The smallest absolute Gasteiger partial charge is 0.253 e. The van der Waals surface area contributed by atoms with Crippen LogP contribution in [0.25, 0.3) is 0 Å². The van der Waals surface area contributed by atoms with E-state index in [1.165, 1.54) is 27.1 Å². The fourth-order valence-corrected chi connectivity index (χ4v) is 6.50. The van der Waals surface area contributed by atoms with E-state index in [4.69, 9.17) is 0 Å². The molecule has 2 amide bonds. The number of carbonyl (C=O) groups excluding carboxylic acids is 2. The third-order valence-corrected chi connectivity index (χ3v) is 8.83. The van der Waals surface area contributed by atoms with Crippen molar-refractivity contribution in [3.63, 3.8) is 0 Å². The van der Waals surface area contributed by atoms with E-state index in [1.54, 1.807) is 0 Å². The van der Waals surface area contributed by atoms with E-state index < -0.39 is 0 Å². The van der Waals surface area contributed by atoms with Crippen molar-refractivity contribution in [2.75, 3.05) is 32.7 Å². The molecular formula is C30H35N3O2S. The predicted octanol–water partition coefficient (Wildman–Crippen LogP) is 4.94. The van der Waals surface area contributed by atoms with E-state index in [9.17, 15) is 9.59 Å². The standard InChI is InChI=1S/C30H35N3O2S/c1-4-23-9-11-24(12-10-23)30(35)32-18-16-31(17-19-32)29(34)22(3)33-15-13-27-26(14-20-36-27)28(33)25-8-6-5-7-21(25)2/h5-12,14,20,22,28H,4,13,15-19H2,1-3H3/t22-,28+/m0/s1. The zero-order valence-electron chi connectivity index (χ0n) is 21.4. The second kappa shape index (κ2) is 10.6. The van der Waals surface area contributed by atoms with Gasteiger partial charge >= 0.3 is 0 Å². The van der Waals surface area contributed by atoms with Crippen LogP contribution in [0.15, 0.2) is 60.0 Å². The minimum absolute atomic E-state index is 0.0541. The van der Waals surface area contributed by atoms with Gasteiger partial charge in [0.05, 0.1) is 12.1 Å². The van der Waals surface area contributed by atoms with Crippen LogP contribution in [0.5, 0.6) is 0 Å². The van der Waals surface area contributed by atoms with Gasteiger partial charge in [0.15, 0.2) is 0 Å². The molecule has 0 N–H and O–H groups in total. The van der Waals surface area contributed by atoms with Crippen LogP contribution in [0.4, 0.5) is 0 Å². The molecule has 1 saturated heterocycles. The molecule has 0 radical (unpaired) electrons. The van der Waals surface area contributed by atoms with Crippen molar-refractivity contribution in [1.82, 2.24) is 14.7 Å². The summed E-state index contributed by atoms with van der Waals surface area (Å²) in [4.78, 5) is 34.3. The van der Waals surface area contributed by atoms with Gasteiger partial charge < -0.3 is 9.80 Å². The average molecular weight is 502 g/mol. The molecule has 3 aromatic rings. The van der Waals surface area contributed by atoms with Crippen molar-refractivity contribution < 1.29 is 9.59 Å². The predicted molar refractivity (Wildman–Crippen MR) is 146 cm³/mol. The molecule has 0 saturated carbocycles. The molecule has 188 valence electrons. The maximum absolute atomic E-state index is 13.7. The first-order valence-electron chi connectivity index (χ1n) is 13.0. The molecule has 36 heavy (non-hydrogen) atoms. The maximum Gasteiger partial charge on any atom is 0.253 e. The molecule has 5 rings (SSSR count). The zero-order valence-corrected chi connectivity index (χ0v) is 22.3. The Hall–Kier alpha value is -2.96. The quantitative estimate of drug-likeness (QED) is 0.498. The Morgan fingerprint density at radius 3 is 2.31 bits per heavy atom. The van der Waals surface area contributed by atoms with Gasteiger partial charge in [-0.15, -0.1) is 11.3 Å². The molecule has 0 unspecified atom stereocenters. The lowest BCUT2D eigenvalue weighted by Crippen LogP contribution is -2.56. The second-order valence-corrected chi connectivity index (χ2v) is 10.9. The molecule has 0 aliphatic carbocycles. The van der Waals surface area contributed by atoms with Crippen LogP contribution >= 0.6 is 11.3 Å². The fourth-order valence-electron chi connectivity index (χ4n) is 5.59. The summed E-state index contributed by atoms with van der Waals surface area (Å²) in [6, 6.07) is 18.5. The highest BCUT2D eigenvalue weighted by Crippen LogP contribution is 2.40. The highest BCUT2D eigenvalue weighted by Gasteiger charge is 2.38. The second-order valence-electron chi connectivity index (χ2n) is 9.89. The summed E-state index contributed by atoms with van der Waals surface area (Å²) in [5, 5.41) is 2.18. The van der Waals surface area contributed by atoms with Gasteiger partial charge in [-0.05, 0) is 72.5 Å². The lowest BCUT2D eigenvalue weighted by molar-refractivity contribution is -0.138. The van der Waals surface area contributed by atoms with Crippen molar-refractivity contribution in [2.24, 2.45) is 0 Å². The molecule has 1 fully saturated rings. The van der Waals surface area contributed by atoms with Crippen LogP contribution in [-0.4, -0.2) is 65.3 Å². The van der Waals surface area contributed by atoms with Crippen LogP contribution in [-0.2, 0) is 17.6 Å². The molecule has 2 aromatic carbocycles. The van der Waals surface area contributed by atoms with E-state index in [2.05, 4.69) is 61.4 Å². The summed E-state index contributed by atoms with van der Waals surface area (Å²) in [6.07, 6.45) is 1.94. The highest BCUT2D eigenvalue weighted by atomic mass is 32.1. The molecule has 2 aliphatic heterocycles. The van der Waals surface area contributed by atoms with Gasteiger partial charge in [-0.2, -0.15) is 0 Å². The summed E-state index contributed by atoms with van der Waals surface area (Å²) in [7, 11) is 0. The first kappa shape index (κ1) is 24.7. The van der Waals surface area contributed by atoms with Gasteiger partial charge in [-0.3, -0.25) is 14.5 Å². The number of benzene rings is 2. The molecule has 0 spiro atoms. The summed E-state index contributed by atoms with van der Waals surface area (Å²) in [6.45, 7) is 9.49. The molecule has 3 heterocycles. The Kier molecular flexibility index (Phi) is 7.26. The van der Waals surface area contributed by atoms with Crippen molar-refractivity contribution in [3.8, 4) is 0 Å². The number of nitrogens with zero attached hydrogens (tertiary/aromatic N) is 3. The van der Waals surface area contributed by atoms with Gasteiger partial charge in [0.2, 0.25) is 5.91 Å².